The summed E-state index contributed by atoms with van der Waals surface area (Å²) in [7, 11) is 0. The van der Waals surface area contributed by atoms with Crippen LogP contribution < -0.4 is 4.90 Å². The normalized spacial score (nSPS) is 14.6. The first-order valence-electron chi connectivity index (χ1n) is 8.51. The van der Waals surface area contributed by atoms with Crippen LogP contribution in [0.2, 0.25) is 0 Å². The van der Waals surface area contributed by atoms with Gasteiger partial charge in [0, 0.05) is 24.8 Å². The van der Waals surface area contributed by atoms with Crippen LogP contribution in [0.4, 0.5) is 5.95 Å². The van der Waals surface area contributed by atoms with Crippen molar-refractivity contribution in [3.8, 4) is 23.1 Å². The monoisotopic (exact) mass is 352 g/mol. The van der Waals surface area contributed by atoms with E-state index in [0.29, 0.717) is 30.9 Å². The van der Waals surface area contributed by atoms with Gasteiger partial charge in [-0.05, 0) is 38.1 Å². The number of hydrogen-bond acceptors (Lipinski definition) is 7. The fourth-order valence-corrected chi connectivity index (χ4v) is 2.93. The van der Waals surface area contributed by atoms with E-state index in [0.717, 1.165) is 30.2 Å². The van der Waals surface area contributed by atoms with Gasteiger partial charge in [0.15, 0.2) is 5.82 Å². The third kappa shape index (κ3) is 3.23. The van der Waals surface area contributed by atoms with Gasteiger partial charge in [0.1, 0.15) is 11.6 Å². The lowest BCUT2D eigenvalue weighted by Crippen LogP contribution is -2.37. The number of phenolic OH excluding ortho intramolecular Hbond substituents is 1. The zero-order chi connectivity index (χ0) is 18.1. The number of morpholine rings is 1. The van der Waals surface area contributed by atoms with Gasteiger partial charge in [-0.1, -0.05) is 0 Å². The summed E-state index contributed by atoms with van der Waals surface area (Å²) in [6, 6.07) is 6.84. The van der Waals surface area contributed by atoms with Crippen LogP contribution in [0.1, 0.15) is 11.5 Å². The maximum atomic E-state index is 9.55. The van der Waals surface area contributed by atoms with Gasteiger partial charge < -0.3 is 14.7 Å². The van der Waals surface area contributed by atoms with Gasteiger partial charge in [-0.25, -0.2) is 4.98 Å². The SMILES string of the molecule is Cc1cn(-c2nc(-c3ccc(O)cc3)nc(N3CCOCC3)n2)c(C)n1. The number of imidazole rings is 1. The number of anilines is 1. The smallest absolute Gasteiger partial charge is 0.240 e. The number of hydrogen-bond donors (Lipinski definition) is 1. The van der Waals surface area contributed by atoms with Crippen molar-refractivity contribution in [2.45, 2.75) is 13.8 Å². The zero-order valence-corrected chi connectivity index (χ0v) is 14.8. The number of aromatic nitrogens is 5. The Kier molecular flexibility index (Phi) is 4.26. The van der Waals surface area contributed by atoms with E-state index in [-0.39, 0.29) is 5.75 Å². The first kappa shape index (κ1) is 16.5. The average Bonchev–Trinajstić information content (AvgIpc) is 3.01. The molecule has 1 saturated heterocycles. The van der Waals surface area contributed by atoms with Crippen molar-refractivity contribution < 1.29 is 9.84 Å². The first-order valence-corrected chi connectivity index (χ1v) is 8.51. The molecule has 0 saturated carbocycles. The third-order valence-electron chi connectivity index (χ3n) is 4.25. The number of benzene rings is 1. The molecule has 0 bridgehead atoms. The Hall–Kier alpha value is -3.00. The molecule has 0 amide bonds. The molecule has 0 unspecified atom stereocenters. The van der Waals surface area contributed by atoms with Crippen molar-refractivity contribution in [2.24, 2.45) is 0 Å². The topological polar surface area (TPSA) is 89.2 Å². The summed E-state index contributed by atoms with van der Waals surface area (Å²) in [4.78, 5) is 20.5. The second kappa shape index (κ2) is 6.72. The second-order valence-electron chi connectivity index (χ2n) is 6.20. The van der Waals surface area contributed by atoms with E-state index >= 15 is 0 Å². The molecule has 0 spiro atoms. The lowest BCUT2D eigenvalue weighted by molar-refractivity contribution is 0.122. The minimum atomic E-state index is 0.206. The average molecular weight is 352 g/mol. The molecule has 1 aliphatic heterocycles. The Morgan fingerprint density at radius 1 is 0.923 bits per heavy atom. The molecule has 1 fully saturated rings. The molecular weight excluding hydrogens is 332 g/mol. The van der Waals surface area contributed by atoms with Gasteiger partial charge in [0.05, 0.1) is 18.9 Å². The van der Waals surface area contributed by atoms with Crippen LogP contribution in [0, 0.1) is 13.8 Å². The molecule has 0 atom stereocenters. The number of nitrogens with zero attached hydrogens (tertiary/aromatic N) is 6. The zero-order valence-electron chi connectivity index (χ0n) is 14.8. The molecule has 8 heteroatoms. The van der Waals surface area contributed by atoms with Crippen LogP contribution in [-0.2, 0) is 4.74 Å². The quantitative estimate of drug-likeness (QED) is 0.770. The van der Waals surface area contributed by atoms with E-state index in [4.69, 9.17) is 4.74 Å². The summed E-state index contributed by atoms with van der Waals surface area (Å²) in [5.41, 5.74) is 1.72. The predicted molar refractivity (Wildman–Crippen MR) is 96.6 cm³/mol. The summed E-state index contributed by atoms with van der Waals surface area (Å²) in [6.45, 7) is 6.64. The highest BCUT2D eigenvalue weighted by atomic mass is 16.5. The Morgan fingerprint density at radius 2 is 1.62 bits per heavy atom. The number of rotatable bonds is 3. The lowest BCUT2D eigenvalue weighted by Gasteiger charge is -2.27. The number of aromatic hydroxyl groups is 1. The van der Waals surface area contributed by atoms with Crippen LogP contribution in [0.25, 0.3) is 17.3 Å². The molecule has 3 heterocycles. The second-order valence-corrected chi connectivity index (χ2v) is 6.20. The number of phenols is 1. The molecule has 1 N–H and O–H groups in total. The van der Waals surface area contributed by atoms with Gasteiger partial charge in [0.25, 0.3) is 0 Å². The van der Waals surface area contributed by atoms with Gasteiger partial charge in [-0.15, -0.1) is 0 Å². The van der Waals surface area contributed by atoms with Gasteiger partial charge in [-0.3, -0.25) is 4.57 Å². The van der Waals surface area contributed by atoms with E-state index in [1.165, 1.54) is 0 Å². The molecule has 1 aromatic carbocycles. The summed E-state index contributed by atoms with van der Waals surface area (Å²) in [5.74, 6) is 2.73. The Labute approximate surface area is 151 Å². The Morgan fingerprint density at radius 3 is 2.27 bits per heavy atom. The van der Waals surface area contributed by atoms with Crippen molar-refractivity contribution in [1.82, 2.24) is 24.5 Å². The molecular formula is C18H20N6O2. The molecule has 2 aromatic heterocycles. The van der Waals surface area contributed by atoms with Crippen molar-refractivity contribution in [2.75, 3.05) is 31.2 Å². The van der Waals surface area contributed by atoms with E-state index < -0.39 is 0 Å². The molecule has 8 nitrogen and oxygen atoms in total. The fraction of sp³-hybridized carbons (Fsp3) is 0.333. The highest BCUT2D eigenvalue weighted by molar-refractivity contribution is 5.58. The molecule has 1 aliphatic rings. The molecule has 4 rings (SSSR count). The number of aryl methyl sites for hydroxylation is 2. The van der Waals surface area contributed by atoms with Crippen molar-refractivity contribution in [1.29, 1.82) is 0 Å². The molecule has 26 heavy (non-hydrogen) atoms. The summed E-state index contributed by atoms with van der Waals surface area (Å²) in [6.07, 6.45) is 1.91. The number of ether oxygens (including phenoxy) is 1. The highest BCUT2D eigenvalue weighted by Gasteiger charge is 2.18. The van der Waals surface area contributed by atoms with Gasteiger partial charge in [-0.2, -0.15) is 15.0 Å². The summed E-state index contributed by atoms with van der Waals surface area (Å²) >= 11 is 0. The van der Waals surface area contributed by atoms with Crippen LogP contribution in [-0.4, -0.2) is 55.9 Å². The van der Waals surface area contributed by atoms with Gasteiger partial charge in [0.2, 0.25) is 11.9 Å². The van der Waals surface area contributed by atoms with Crippen LogP contribution in [0.5, 0.6) is 5.75 Å². The first-order chi connectivity index (χ1) is 12.6. The fourth-order valence-electron chi connectivity index (χ4n) is 2.93. The summed E-state index contributed by atoms with van der Waals surface area (Å²) in [5, 5.41) is 9.55. The maximum Gasteiger partial charge on any atom is 0.240 e. The van der Waals surface area contributed by atoms with E-state index in [9.17, 15) is 5.11 Å². The third-order valence-corrected chi connectivity index (χ3v) is 4.25. The molecule has 134 valence electrons. The summed E-state index contributed by atoms with van der Waals surface area (Å²) < 4.78 is 7.30. The van der Waals surface area contributed by atoms with Crippen molar-refractivity contribution in [3.05, 3.63) is 42.0 Å². The van der Waals surface area contributed by atoms with E-state index in [1.54, 1.807) is 24.3 Å². The standard InChI is InChI=1S/C18H20N6O2/c1-12-11-24(13(2)19-12)18-21-16(14-3-5-15(25)6-4-14)20-17(22-18)23-7-9-26-10-8-23/h3-6,11,25H,7-10H2,1-2H3. The maximum absolute atomic E-state index is 9.55. The van der Waals surface area contributed by atoms with Crippen LogP contribution in [0.3, 0.4) is 0 Å². The Balaban J connectivity index is 1.83. The predicted octanol–water partition coefficient (Wildman–Crippen LogP) is 1.88. The Bertz CT molecular complexity index is 916. The van der Waals surface area contributed by atoms with Crippen LogP contribution in [0.15, 0.2) is 30.5 Å². The van der Waals surface area contributed by atoms with Crippen molar-refractivity contribution >= 4 is 5.95 Å². The molecule has 0 aliphatic carbocycles. The van der Waals surface area contributed by atoms with E-state index in [2.05, 4.69) is 24.8 Å². The molecule has 3 aromatic rings. The van der Waals surface area contributed by atoms with E-state index in [1.807, 2.05) is 24.6 Å². The minimum Gasteiger partial charge on any atom is -0.508 e. The minimum absolute atomic E-state index is 0.206. The van der Waals surface area contributed by atoms with Gasteiger partial charge >= 0.3 is 0 Å². The highest BCUT2D eigenvalue weighted by Crippen LogP contribution is 2.22. The van der Waals surface area contributed by atoms with Crippen LogP contribution >= 0.6 is 0 Å². The van der Waals surface area contributed by atoms with Crippen molar-refractivity contribution in [3.63, 3.8) is 0 Å². The molecule has 0 radical (unpaired) electrons. The largest absolute Gasteiger partial charge is 0.508 e. The lowest BCUT2D eigenvalue weighted by atomic mass is 10.2.